The predicted molar refractivity (Wildman–Crippen MR) is 76.6 cm³/mol. The lowest BCUT2D eigenvalue weighted by molar-refractivity contribution is 0.410. The number of aryl methyl sites for hydroxylation is 1. The van der Waals surface area contributed by atoms with Crippen LogP contribution in [-0.2, 0) is 6.42 Å². The molecule has 3 aromatic rings. The van der Waals surface area contributed by atoms with Crippen LogP contribution in [0.3, 0.4) is 0 Å². The Morgan fingerprint density at radius 1 is 1.30 bits per heavy atom. The van der Waals surface area contributed by atoms with Gasteiger partial charge < -0.3 is 10.5 Å². The van der Waals surface area contributed by atoms with E-state index in [1.165, 1.54) is 0 Å². The van der Waals surface area contributed by atoms with Crippen molar-refractivity contribution in [2.75, 3.05) is 12.8 Å². The van der Waals surface area contributed by atoms with Crippen LogP contribution in [-0.4, -0.2) is 26.7 Å². The monoisotopic (exact) mass is 269 g/mol. The number of aromatic nitrogens is 4. The third-order valence-corrected chi connectivity index (χ3v) is 3.19. The summed E-state index contributed by atoms with van der Waals surface area (Å²) in [5.41, 5.74) is 8.41. The standard InChI is InChI=1S/C14H15N5O/c1-3-9-8-10(4-5-11(9)20-2)13-16-7-6-12-17-14(15)18-19(12)13/h4-8H,3H2,1-2H3,(H2,15,18). The Kier molecular flexibility index (Phi) is 2.98. The second-order valence-corrected chi connectivity index (χ2v) is 4.39. The predicted octanol–water partition coefficient (Wildman–Crippen LogP) is 1.94. The minimum absolute atomic E-state index is 0.239. The maximum atomic E-state index is 5.65. The van der Waals surface area contributed by atoms with Gasteiger partial charge in [0.1, 0.15) is 5.75 Å². The molecular weight excluding hydrogens is 254 g/mol. The van der Waals surface area contributed by atoms with Gasteiger partial charge in [-0.05, 0) is 30.2 Å². The molecular formula is C14H15N5O. The van der Waals surface area contributed by atoms with Gasteiger partial charge in [-0.25, -0.2) is 4.98 Å². The maximum Gasteiger partial charge on any atom is 0.240 e. The molecule has 2 aromatic heterocycles. The summed E-state index contributed by atoms with van der Waals surface area (Å²) in [4.78, 5) is 8.53. The molecule has 3 rings (SSSR count). The van der Waals surface area contributed by atoms with Crippen molar-refractivity contribution >= 4 is 11.6 Å². The van der Waals surface area contributed by atoms with Gasteiger partial charge in [-0.2, -0.15) is 9.50 Å². The minimum atomic E-state index is 0.239. The van der Waals surface area contributed by atoms with E-state index in [1.807, 2.05) is 12.1 Å². The van der Waals surface area contributed by atoms with Crippen molar-refractivity contribution in [3.05, 3.63) is 36.0 Å². The van der Waals surface area contributed by atoms with Crippen molar-refractivity contribution < 1.29 is 4.74 Å². The Hall–Kier alpha value is -2.63. The zero-order valence-electron chi connectivity index (χ0n) is 11.4. The first-order chi connectivity index (χ1) is 9.72. The van der Waals surface area contributed by atoms with Crippen molar-refractivity contribution in [1.82, 2.24) is 19.6 Å². The molecule has 0 saturated carbocycles. The van der Waals surface area contributed by atoms with Gasteiger partial charge in [0.2, 0.25) is 5.95 Å². The Bertz CT molecular complexity index is 765. The van der Waals surface area contributed by atoms with Gasteiger partial charge in [0.05, 0.1) is 7.11 Å². The number of nitrogens with zero attached hydrogens (tertiary/aromatic N) is 4. The highest BCUT2D eigenvalue weighted by Crippen LogP contribution is 2.26. The molecule has 0 spiro atoms. The fraction of sp³-hybridized carbons (Fsp3) is 0.214. The van der Waals surface area contributed by atoms with E-state index in [-0.39, 0.29) is 5.95 Å². The summed E-state index contributed by atoms with van der Waals surface area (Å²) in [6.45, 7) is 2.09. The number of hydrogen-bond acceptors (Lipinski definition) is 5. The molecule has 0 unspecified atom stereocenters. The zero-order valence-corrected chi connectivity index (χ0v) is 11.4. The quantitative estimate of drug-likeness (QED) is 0.786. The van der Waals surface area contributed by atoms with E-state index >= 15 is 0 Å². The van der Waals surface area contributed by atoms with E-state index in [0.717, 1.165) is 23.3 Å². The first-order valence-electron chi connectivity index (χ1n) is 6.37. The summed E-state index contributed by atoms with van der Waals surface area (Å²) in [5.74, 6) is 1.83. The number of nitrogen functional groups attached to an aromatic ring is 1. The number of hydrogen-bond donors (Lipinski definition) is 1. The van der Waals surface area contributed by atoms with Gasteiger partial charge in [-0.15, -0.1) is 5.10 Å². The van der Waals surface area contributed by atoms with Crippen LogP contribution in [0.1, 0.15) is 12.5 Å². The molecule has 0 aliphatic heterocycles. The number of ether oxygens (including phenoxy) is 1. The molecule has 6 nitrogen and oxygen atoms in total. The SMILES string of the molecule is CCc1cc(-c2nccc3nc(N)nn23)ccc1OC. The van der Waals surface area contributed by atoms with Crippen LogP contribution < -0.4 is 10.5 Å². The van der Waals surface area contributed by atoms with E-state index in [4.69, 9.17) is 10.5 Å². The molecule has 0 aliphatic carbocycles. The number of anilines is 1. The number of methoxy groups -OCH3 is 1. The summed E-state index contributed by atoms with van der Waals surface area (Å²) in [5, 5.41) is 4.18. The molecule has 0 atom stereocenters. The van der Waals surface area contributed by atoms with Crippen LogP contribution in [0.15, 0.2) is 30.5 Å². The van der Waals surface area contributed by atoms with Crippen LogP contribution >= 0.6 is 0 Å². The molecule has 20 heavy (non-hydrogen) atoms. The maximum absolute atomic E-state index is 5.65. The summed E-state index contributed by atoms with van der Waals surface area (Å²) >= 11 is 0. The summed E-state index contributed by atoms with van der Waals surface area (Å²) in [6.07, 6.45) is 2.58. The zero-order chi connectivity index (χ0) is 14.1. The van der Waals surface area contributed by atoms with Crippen molar-refractivity contribution in [2.45, 2.75) is 13.3 Å². The number of fused-ring (bicyclic) bond motifs is 1. The van der Waals surface area contributed by atoms with Gasteiger partial charge in [-0.3, -0.25) is 0 Å². The van der Waals surface area contributed by atoms with Gasteiger partial charge in [0, 0.05) is 17.8 Å². The highest BCUT2D eigenvalue weighted by molar-refractivity contribution is 5.62. The second kappa shape index (κ2) is 4.80. The Labute approximate surface area is 116 Å². The van der Waals surface area contributed by atoms with Gasteiger partial charge in [0.15, 0.2) is 11.5 Å². The topological polar surface area (TPSA) is 78.3 Å². The first kappa shape index (κ1) is 12.4. The van der Waals surface area contributed by atoms with Crippen LogP contribution in [0.4, 0.5) is 5.95 Å². The number of rotatable bonds is 3. The molecule has 0 aliphatic rings. The smallest absolute Gasteiger partial charge is 0.240 e. The Morgan fingerprint density at radius 3 is 2.90 bits per heavy atom. The molecule has 0 bridgehead atoms. The average Bonchev–Trinajstić information content (AvgIpc) is 2.86. The van der Waals surface area contributed by atoms with Crippen LogP contribution in [0.5, 0.6) is 5.75 Å². The van der Waals surface area contributed by atoms with Gasteiger partial charge >= 0.3 is 0 Å². The summed E-state index contributed by atoms with van der Waals surface area (Å²) < 4.78 is 6.99. The number of benzene rings is 1. The molecule has 0 amide bonds. The molecule has 1 aromatic carbocycles. The van der Waals surface area contributed by atoms with E-state index in [0.29, 0.717) is 11.5 Å². The lowest BCUT2D eigenvalue weighted by Crippen LogP contribution is -1.99. The summed E-state index contributed by atoms with van der Waals surface area (Å²) in [6, 6.07) is 7.72. The summed E-state index contributed by atoms with van der Waals surface area (Å²) in [7, 11) is 1.67. The Balaban J connectivity index is 2.20. The molecule has 0 fully saturated rings. The van der Waals surface area contributed by atoms with Crippen LogP contribution in [0.25, 0.3) is 17.0 Å². The van der Waals surface area contributed by atoms with Crippen molar-refractivity contribution in [3.63, 3.8) is 0 Å². The lowest BCUT2D eigenvalue weighted by Gasteiger charge is -2.09. The fourth-order valence-corrected chi connectivity index (χ4v) is 2.22. The van der Waals surface area contributed by atoms with E-state index in [2.05, 4.69) is 28.1 Å². The third-order valence-electron chi connectivity index (χ3n) is 3.19. The van der Waals surface area contributed by atoms with Gasteiger partial charge in [-0.1, -0.05) is 6.92 Å². The van der Waals surface area contributed by atoms with Crippen molar-refractivity contribution in [1.29, 1.82) is 0 Å². The Morgan fingerprint density at radius 2 is 2.15 bits per heavy atom. The normalized spacial score (nSPS) is 10.9. The molecule has 6 heteroatoms. The molecule has 2 N–H and O–H groups in total. The average molecular weight is 269 g/mol. The lowest BCUT2D eigenvalue weighted by atomic mass is 10.1. The third kappa shape index (κ3) is 1.95. The molecule has 2 heterocycles. The highest BCUT2D eigenvalue weighted by Gasteiger charge is 2.10. The van der Waals surface area contributed by atoms with Crippen LogP contribution in [0.2, 0.25) is 0 Å². The van der Waals surface area contributed by atoms with Crippen molar-refractivity contribution in [3.8, 4) is 17.1 Å². The fourth-order valence-electron chi connectivity index (χ4n) is 2.22. The molecule has 0 radical (unpaired) electrons. The molecule has 0 saturated heterocycles. The second-order valence-electron chi connectivity index (χ2n) is 4.39. The number of nitrogens with two attached hydrogens (primary N) is 1. The van der Waals surface area contributed by atoms with E-state index < -0.39 is 0 Å². The van der Waals surface area contributed by atoms with Gasteiger partial charge in [0.25, 0.3) is 0 Å². The largest absolute Gasteiger partial charge is 0.496 e. The van der Waals surface area contributed by atoms with E-state index in [1.54, 1.807) is 23.9 Å². The van der Waals surface area contributed by atoms with E-state index in [9.17, 15) is 0 Å². The minimum Gasteiger partial charge on any atom is -0.496 e. The first-order valence-corrected chi connectivity index (χ1v) is 6.37. The van der Waals surface area contributed by atoms with Crippen LogP contribution in [0, 0.1) is 0 Å². The molecule has 102 valence electrons. The highest BCUT2D eigenvalue weighted by atomic mass is 16.5. The van der Waals surface area contributed by atoms with Crippen molar-refractivity contribution in [2.24, 2.45) is 0 Å².